The maximum absolute atomic E-state index is 12.7. The molecule has 1 rings (SSSR count). The van der Waals surface area contributed by atoms with E-state index in [1.807, 2.05) is 6.92 Å². The number of hydrogen-bond acceptors (Lipinski definition) is 9. The number of aliphatic hydroxyl groups is 1. The van der Waals surface area contributed by atoms with E-state index in [1.54, 1.807) is 0 Å². The largest absolute Gasteiger partial charge is 0.510 e. The lowest BCUT2D eigenvalue weighted by Gasteiger charge is -2.44. The molecule has 12 heteroatoms. The normalized spacial score (nSPS) is 17.7. The van der Waals surface area contributed by atoms with Gasteiger partial charge in [-0.3, -0.25) is 4.79 Å². The average Bonchev–Trinajstić information content (AvgIpc) is 2.76. The maximum Gasteiger partial charge on any atom is 0.510 e. The van der Waals surface area contributed by atoms with Crippen LogP contribution in [0.25, 0.3) is 0 Å². The van der Waals surface area contributed by atoms with Gasteiger partial charge in [0.2, 0.25) is 12.2 Å². The zero-order valence-corrected chi connectivity index (χ0v) is 22.0. The second-order valence-electron chi connectivity index (χ2n) is 9.69. The summed E-state index contributed by atoms with van der Waals surface area (Å²) in [6.45, 7) is 5.86. The number of ether oxygens (including phenoxy) is 2. The van der Waals surface area contributed by atoms with Crippen LogP contribution >= 0.6 is 0 Å². The van der Waals surface area contributed by atoms with E-state index in [9.17, 15) is 33.0 Å². The molecule has 1 saturated carbocycles. The summed E-state index contributed by atoms with van der Waals surface area (Å²) in [5, 5.41) is 23.9. The molecule has 11 nitrogen and oxygen atoms in total. The minimum Gasteiger partial charge on any atom is -0.479 e. The SMILES string of the molecule is CCCCOC(=O)OC(OS(=O)(=O)CCCNC(C)=O)C(C)(C)[C@](O)(CC1CCCCC1)C(=O)O. The van der Waals surface area contributed by atoms with Crippen molar-refractivity contribution in [1.82, 2.24) is 5.32 Å². The van der Waals surface area contributed by atoms with Crippen molar-refractivity contribution >= 4 is 28.1 Å². The third-order valence-corrected chi connectivity index (χ3v) is 7.67. The highest BCUT2D eigenvalue weighted by atomic mass is 32.2. The monoisotopic (exact) mass is 523 g/mol. The van der Waals surface area contributed by atoms with Gasteiger partial charge in [0.05, 0.1) is 17.8 Å². The zero-order chi connectivity index (χ0) is 26.7. The Bertz CT molecular complexity index is 807. The molecule has 1 fully saturated rings. The smallest absolute Gasteiger partial charge is 0.479 e. The predicted octanol–water partition coefficient (Wildman–Crippen LogP) is 2.95. The van der Waals surface area contributed by atoms with Gasteiger partial charge in [-0.2, -0.15) is 8.42 Å². The molecule has 0 aliphatic heterocycles. The van der Waals surface area contributed by atoms with Crippen LogP contribution in [0.5, 0.6) is 0 Å². The van der Waals surface area contributed by atoms with Crippen molar-refractivity contribution in [3.63, 3.8) is 0 Å². The van der Waals surface area contributed by atoms with Crippen molar-refractivity contribution in [2.75, 3.05) is 18.9 Å². The van der Waals surface area contributed by atoms with Crippen LogP contribution in [0, 0.1) is 11.3 Å². The Morgan fingerprint density at radius 3 is 2.29 bits per heavy atom. The van der Waals surface area contributed by atoms with Gasteiger partial charge in [-0.05, 0) is 25.2 Å². The maximum atomic E-state index is 12.7. The molecule has 0 aromatic carbocycles. The highest BCUT2D eigenvalue weighted by molar-refractivity contribution is 7.86. The van der Waals surface area contributed by atoms with Gasteiger partial charge in [0.1, 0.15) is 0 Å². The lowest BCUT2D eigenvalue weighted by atomic mass is 9.67. The lowest BCUT2D eigenvalue weighted by molar-refractivity contribution is -0.217. The number of carbonyl (C=O) groups is 3. The number of hydrogen-bond donors (Lipinski definition) is 3. The van der Waals surface area contributed by atoms with Crippen LogP contribution in [-0.2, 0) is 33.4 Å². The van der Waals surface area contributed by atoms with Crippen LogP contribution in [0.1, 0.15) is 85.5 Å². The first kappa shape index (κ1) is 31.1. The van der Waals surface area contributed by atoms with E-state index >= 15 is 0 Å². The van der Waals surface area contributed by atoms with Crippen molar-refractivity contribution < 1.29 is 46.7 Å². The molecule has 0 saturated heterocycles. The fraction of sp³-hybridized carbons (Fsp3) is 0.870. The number of amides is 1. The Labute approximate surface area is 208 Å². The fourth-order valence-corrected chi connectivity index (χ4v) is 5.17. The van der Waals surface area contributed by atoms with Gasteiger partial charge in [0.25, 0.3) is 10.1 Å². The van der Waals surface area contributed by atoms with E-state index in [0.29, 0.717) is 6.42 Å². The number of carboxylic acids is 1. The number of rotatable bonds is 15. The Balaban J connectivity index is 3.17. The molecule has 1 unspecified atom stereocenters. The van der Waals surface area contributed by atoms with Gasteiger partial charge >= 0.3 is 12.1 Å². The van der Waals surface area contributed by atoms with Gasteiger partial charge in [0.15, 0.2) is 5.60 Å². The second kappa shape index (κ2) is 14.0. The molecular formula is C23H41NO10S. The second-order valence-corrected chi connectivity index (χ2v) is 11.4. The minimum atomic E-state index is -4.34. The number of nitrogens with one attached hydrogen (secondary N) is 1. The molecule has 0 heterocycles. The van der Waals surface area contributed by atoms with Gasteiger partial charge in [-0.1, -0.05) is 59.3 Å². The van der Waals surface area contributed by atoms with Crippen molar-refractivity contribution in [3.8, 4) is 0 Å². The van der Waals surface area contributed by atoms with Crippen LogP contribution < -0.4 is 5.32 Å². The molecule has 1 aliphatic carbocycles. The molecule has 0 spiro atoms. The quantitative estimate of drug-likeness (QED) is 0.126. The molecule has 0 radical (unpaired) electrons. The molecule has 1 amide bonds. The van der Waals surface area contributed by atoms with E-state index in [-0.39, 0.29) is 37.8 Å². The van der Waals surface area contributed by atoms with Crippen molar-refractivity contribution in [2.24, 2.45) is 11.3 Å². The van der Waals surface area contributed by atoms with Gasteiger partial charge in [0, 0.05) is 13.5 Å². The highest BCUT2D eigenvalue weighted by Gasteiger charge is 2.58. The Kier molecular flexibility index (Phi) is 12.4. The zero-order valence-electron chi connectivity index (χ0n) is 21.2. The number of aliphatic carboxylic acids is 1. The van der Waals surface area contributed by atoms with Crippen LogP contribution in [0.4, 0.5) is 4.79 Å². The molecule has 0 aromatic rings. The topological polar surface area (TPSA) is 166 Å². The number of carbonyl (C=O) groups excluding carboxylic acids is 2. The molecular weight excluding hydrogens is 482 g/mol. The standard InChI is InChI=1S/C23H41NO10S/c1-5-6-14-32-21(28)33-20(34-35(30,31)15-10-13-24-17(2)25)22(3,4)23(29,19(26)27)16-18-11-8-7-9-12-18/h18,20,29H,5-16H2,1-4H3,(H,24,25)(H,26,27)/t20?,23-/m0/s1. The summed E-state index contributed by atoms with van der Waals surface area (Å²) in [5.41, 5.74) is -4.32. The summed E-state index contributed by atoms with van der Waals surface area (Å²) in [7, 11) is -4.34. The summed E-state index contributed by atoms with van der Waals surface area (Å²) < 4.78 is 40.6. The molecule has 1 aliphatic rings. The van der Waals surface area contributed by atoms with E-state index in [4.69, 9.17) is 13.7 Å². The van der Waals surface area contributed by atoms with Crippen LogP contribution in [0.2, 0.25) is 0 Å². The first-order valence-electron chi connectivity index (χ1n) is 12.2. The summed E-state index contributed by atoms with van der Waals surface area (Å²) >= 11 is 0. The summed E-state index contributed by atoms with van der Waals surface area (Å²) in [6, 6.07) is 0. The highest BCUT2D eigenvalue weighted by Crippen LogP contribution is 2.44. The molecule has 35 heavy (non-hydrogen) atoms. The fourth-order valence-electron chi connectivity index (χ4n) is 4.03. The van der Waals surface area contributed by atoms with Crippen molar-refractivity contribution in [2.45, 2.75) is 97.4 Å². The summed E-state index contributed by atoms with van der Waals surface area (Å²) in [5.74, 6) is -2.50. The van der Waals surface area contributed by atoms with Crippen molar-refractivity contribution in [1.29, 1.82) is 0 Å². The molecule has 3 N–H and O–H groups in total. The van der Waals surface area contributed by atoms with Gasteiger partial charge in [-0.15, -0.1) is 0 Å². The average molecular weight is 524 g/mol. The van der Waals surface area contributed by atoms with Crippen LogP contribution in [0.15, 0.2) is 0 Å². The minimum absolute atomic E-state index is 0.0152. The Morgan fingerprint density at radius 1 is 1.11 bits per heavy atom. The number of carboxylic acid groups (broad SMARTS) is 1. The van der Waals surface area contributed by atoms with E-state index < -0.39 is 45.3 Å². The van der Waals surface area contributed by atoms with E-state index in [2.05, 4.69) is 5.32 Å². The lowest BCUT2D eigenvalue weighted by Crippen LogP contribution is -2.59. The van der Waals surface area contributed by atoms with Gasteiger partial charge < -0.3 is 25.0 Å². The molecule has 2 atom stereocenters. The number of unbranched alkanes of at least 4 members (excludes halogenated alkanes) is 1. The molecule has 0 aromatic heterocycles. The summed E-state index contributed by atoms with van der Waals surface area (Å²) in [4.78, 5) is 35.6. The molecule has 204 valence electrons. The third-order valence-electron chi connectivity index (χ3n) is 6.42. The van der Waals surface area contributed by atoms with Crippen molar-refractivity contribution in [3.05, 3.63) is 0 Å². The van der Waals surface area contributed by atoms with Gasteiger partial charge in [-0.25, -0.2) is 13.8 Å². The third kappa shape index (κ3) is 9.92. The molecule has 0 bridgehead atoms. The Hall–Kier alpha value is -1.92. The Morgan fingerprint density at radius 2 is 1.74 bits per heavy atom. The van der Waals surface area contributed by atoms with Crippen LogP contribution in [-0.4, -0.2) is 67.5 Å². The summed E-state index contributed by atoms with van der Waals surface area (Å²) in [6.07, 6.45) is 2.27. The van der Waals surface area contributed by atoms with E-state index in [1.165, 1.54) is 20.8 Å². The first-order chi connectivity index (χ1) is 16.2. The van der Waals surface area contributed by atoms with Crippen LogP contribution in [0.3, 0.4) is 0 Å². The predicted molar refractivity (Wildman–Crippen MR) is 127 cm³/mol. The first-order valence-corrected chi connectivity index (χ1v) is 13.8. The van der Waals surface area contributed by atoms with E-state index in [0.717, 1.165) is 38.5 Å².